The molecule has 1 rings (SSSR count). The number of aryl methyl sites for hydroxylation is 1. The van der Waals surface area contributed by atoms with Crippen LogP contribution >= 0.6 is 0 Å². The lowest BCUT2D eigenvalue weighted by atomic mass is 10.1. The molecule has 0 unspecified atom stereocenters. The Balaban J connectivity index is 2.49. The average molecular weight is 323 g/mol. The fraction of sp³-hybridized carbons (Fsp3) is 0.765. The molecule has 0 radical (unpaired) electrons. The minimum atomic E-state index is 0.418. The predicted octanol–water partition coefficient (Wildman–Crippen LogP) is 2.37. The van der Waals surface area contributed by atoms with Crippen molar-refractivity contribution < 1.29 is 4.74 Å². The van der Waals surface area contributed by atoms with Gasteiger partial charge in [-0.2, -0.15) is 5.10 Å². The summed E-state index contributed by atoms with van der Waals surface area (Å²) >= 11 is 0. The second-order valence-electron chi connectivity index (χ2n) is 6.16. The summed E-state index contributed by atoms with van der Waals surface area (Å²) in [5, 5.41) is 7.91. The Morgan fingerprint density at radius 2 is 2.17 bits per heavy atom. The van der Waals surface area contributed by atoms with E-state index in [1.165, 1.54) is 12.0 Å². The molecule has 0 fully saturated rings. The highest BCUT2D eigenvalue weighted by molar-refractivity contribution is 5.79. The minimum Gasteiger partial charge on any atom is -0.380 e. The van der Waals surface area contributed by atoms with Crippen molar-refractivity contribution in [3.05, 3.63) is 17.5 Å². The maximum atomic E-state index is 5.57. The summed E-state index contributed by atoms with van der Waals surface area (Å²) in [6, 6.07) is 0. The highest BCUT2D eigenvalue weighted by Gasteiger charge is 2.14. The van der Waals surface area contributed by atoms with Gasteiger partial charge in [-0.05, 0) is 12.3 Å². The number of nitrogens with zero attached hydrogens (tertiary/aromatic N) is 4. The molecule has 132 valence electrons. The van der Waals surface area contributed by atoms with Gasteiger partial charge in [0.15, 0.2) is 5.96 Å². The second kappa shape index (κ2) is 10.3. The molecule has 0 aliphatic heterocycles. The number of guanidine groups is 1. The van der Waals surface area contributed by atoms with E-state index in [1.807, 2.05) is 25.8 Å². The summed E-state index contributed by atoms with van der Waals surface area (Å²) in [5.41, 5.74) is 2.39. The Morgan fingerprint density at radius 1 is 1.43 bits per heavy atom. The van der Waals surface area contributed by atoms with E-state index in [4.69, 9.17) is 4.74 Å². The van der Waals surface area contributed by atoms with Crippen molar-refractivity contribution in [2.45, 2.75) is 46.1 Å². The van der Waals surface area contributed by atoms with Crippen LogP contribution in [0.3, 0.4) is 0 Å². The van der Waals surface area contributed by atoms with Crippen molar-refractivity contribution in [1.29, 1.82) is 0 Å². The number of nitrogens with one attached hydrogen (secondary N) is 1. The van der Waals surface area contributed by atoms with E-state index in [0.717, 1.165) is 37.8 Å². The van der Waals surface area contributed by atoms with Crippen molar-refractivity contribution in [3.63, 3.8) is 0 Å². The van der Waals surface area contributed by atoms with Gasteiger partial charge < -0.3 is 15.0 Å². The van der Waals surface area contributed by atoms with Crippen LogP contribution in [0.2, 0.25) is 0 Å². The maximum Gasteiger partial charge on any atom is 0.193 e. The van der Waals surface area contributed by atoms with E-state index in [9.17, 15) is 0 Å². The molecule has 0 aliphatic rings. The number of aliphatic imine (C=N–C) groups is 1. The minimum absolute atomic E-state index is 0.418. The first-order chi connectivity index (χ1) is 11.0. The lowest BCUT2D eigenvalue weighted by Gasteiger charge is -2.22. The van der Waals surface area contributed by atoms with Crippen LogP contribution < -0.4 is 5.32 Å². The fourth-order valence-electron chi connectivity index (χ4n) is 2.46. The fourth-order valence-corrected chi connectivity index (χ4v) is 2.46. The molecule has 0 amide bonds. The Morgan fingerprint density at radius 3 is 2.78 bits per heavy atom. The summed E-state index contributed by atoms with van der Waals surface area (Å²) < 4.78 is 7.46. The van der Waals surface area contributed by atoms with E-state index < -0.39 is 0 Å². The number of hydrogen-bond acceptors (Lipinski definition) is 3. The molecule has 1 aromatic heterocycles. The molecule has 1 N–H and O–H groups in total. The molecule has 0 saturated heterocycles. The van der Waals surface area contributed by atoms with Gasteiger partial charge in [-0.25, -0.2) is 0 Å². The zero-order valence-corrected chi connectivity index (χ0v) is 15.6. The van der Waals surface area contributed by atoms with Crippen LogP contribution in [0.5, 0.6) is 0 Å². The monoisotopic (exact) mass is 323 g/mol. The highest BCUT2D eigenvalue weighted by atomic mass is 16.5. The quantitative estimate of drug-likeness (QED) is 0.431. The van der Waals surface area contributed by atoms with Gasteiger partial charge >= 0.3 is 0 Å². The SMILES string of the molecule is CCCCOCCNC(=NC)N(C)Cc1cn(C)nc1C(C)C. The summed E-state index contributed by atoms with van der Waals surface area (Å²) in [4.78, 5) is 6.47. The topological polar surface area (TPSA) is 54.7 Å². The summed E-state index contributed by atoms with van der Waals surface area (Å²) in [6.07, 6.45) is 4.38. The predicted molar refractivity (Wildman–Crippen MR) is 95.9 cm³/mol. The molecule has 0 aliphatic carbocycles. The van der Waals surface area contributed by atoms with Crippen molar-refractivity contribution in [1.82, 2.24) is 20.0 Å². The lowest BCUT2D eigenvalue weighted by Crippen LogP contribution is -2.40. The molecule has 0 aromatic carbocycles. The zero-order chi connectivity index (χ0) is 17.2. The number of aromatic nitrogens is 2. The van der Waals surface area contributed by atoms with Crippen LogP contribution in [0.15, 0.2) is 11.2 Å². The Labute approximate surface area is 140 Å². The highest BCUT2D eigenvalue weighted by Crippen LogP contribution is 2.18. The number of hydrogen-bond donors (Lipinski definition) is 1. The maximum absolute atomic E-state index is 5.57. The van der Waals surface area contributed by atoms with Crippen LogP contribution in [0.1, 0.15) is 50.8 Å². The van der Waals surface area contributed by atoms with Crippen molar-refractivity contribution in [2.24, 2.45) is 12.0 Å². The van der Waals surface area contributed by atoms with Gasteiger partial charge in [0.1, 0.15) is 0 Å². The second-order valence-corrected chi connectivity index (χ2v) is 6.16. The normalized spacial score (nSPS) is 12.0. The van der Waals surface area contributed by atoms with Crippen LogP contribution in [0.25, 0.3) is 0 Å². The molecule has 1 aromatic rings. The van der Waals surface area contributed by atoms with Crippen molar-refractivity contribution in [2.75, 3.05) is 33.9 Å². The van der Waals surface area contributed by atoms with Crippen molar-refractivity contribution >= 4 is 5.96 Å². The summed E-state index contributed by atoms with van der Waals surface area (Å²) in [6.45, 7) is 9.61. The van der Waals surface area contributed by atoms with Crippen LogP contribution in [-0.4, -0.2) is 54.5 Å². The lowest BCUT2D eigenvalue weighted by molar-refractivity contribution is 0.135. The summed E-state index contributed by atoms with van der Waals surface area (Å²) in [5.74, 6) is 1.30. The van der Waals surface area contributed by atoms with Gasteiger partial charge in [-0.1, -0.05) is 27.2 Å². The largest absolute Gasteiger partial charge is 0.380 e. The Hall–Kier alpha value is -1.56. The zero-order valence-electron chi connectivity index (χ0n) is 15.6. The molecular formula is C17H33N5O. The molecule has 6 heteroatoms. The van der Waals surface area contributed by atoms with Gasteiger partial charge in [0, 0.05) is 52.6 Å². The van der Waals surface area contributed by atoms with E-state index in [0.29, 0.717) is 12.5 Å². The van der Waals surface area contributed by atoms with Crippen LogP contribution in [0.4, 0.5) is 0 Å². The number of unbranched alkanes of at least 4 members (excludes halogenated alkanes) is 1. The van der Waals surface area contributed by atoms with E-state index in [1.54, 1.807) is 0 Å². The first kappa shape index (κ1) is 19.5. The average Bonchev–Trinajstić information content (AvgIpc) is 2.87. The van der Waals surface area contributed by atoms with Gasteiger partial charge in [-0.15, -0.1) is 0 Å². The van der Waals surface area contributed by atoms with E-state index in [-0.39, 0.29) is 0 Å². The molecule has 6 nitrogen and oxygen atoms in total. The first-order valence-corrected chi connectivity index (χ1v) is 8.51. The molecule has 1 heterocycles. The third-order valence-corrected chi connectivity index (χ3v) is 3.64. The Bertz CT molecular complexity index is 481. The molecular weight excluding hydrogens is 290 g/mol. The van der Waals surface area contributed by atoms with Gasteiger partial charge in [0.2, 0.25) is 0 Å². The number of rotatable bonds is 9. The Kier molecular flexibility index (Phi) is 8.69. The van der Waals surface area contributed by atoms with Crippen LogP contribution in [-0.2, 0) is 18.3 Å². The first-order valence-electron chi connectivity index (χ1n) is 8.51. The van der Waals surface area contributed by atoms with Crippen molar-refractivity contribution in [3.8, 4) is 0 Å². The molecule has 0 atom stereocenters. The van der Waals surface area contributed by atoms with Gasteiger partial charge in [-0.3, -0.25) is 9.67 Å². The standard InChI is InChI=1S/C17H33N5O/c1-7-8-10-23-11-9-19-17(18-4)21(5)12-15-13-22(6)20-16(15)14(2)3/h13-14H,7-12H2,1-6H3,(H,18,19). The number of ether oxygens (including phenoxy) is 1. The van der Waals surface area contributed by atoms with Gasteiger partial charge in [0.25, 0.3) is 0 Å². The molecule has 0 saturated carbocycles. The molecule has 23 heavy (non-hydrogen) atoms. The molecule has 0 bridgehead atoms. The smallest absolute Gasteiger partial charge is 0.193 e. The third-order valence-electron chi connectivity index (χ3n) is 3.64. The summed E-state index contributed by atoms with van der Waals surface area (Å²) in [7, 11) is 5.82. The van der Waals surface area contributed by atoms with E-state index in [2.05, 4.69) is 47.3 Å². The van der Waals surface area contributed by atoms with Gasteiger partial charge in [0.05, 0.1) is 12.3 Å². The van der Waals surface area contributed by atoms with E-state index >= 15 is 0 Å². The third kappa shape index (κ3) is 6.60. The van der Waals surface area contributed by atoms with Crippen LogP contribution in [0, 0.1) is 0 Å². The molecule has 0 spiro atoms.